The van der Waals surface area contributed by atoms with Crippen LogP contribution in [0.25, 0.3) is 11.3 Å². The number of ketones is 1. The fourth-order valence-electron chi connectivity index (χ4n) is 4.35. The summed E-state index contributed by atoms with van der Waals surface area (Å²) in [6, 6.07) is 16.6. The Bertz CT molecular complexity index is 1550. The molecule has 192 valence electrons. The normalized spacial score (nSPS) is 12.6. The molecule has 10 heteroatoms. The third kappa shape index (κ3) is 4.83. The summed E-state index contributed by atoms with van der Waals surface area (Å²) in [4.78, 5) is 47.0. The number of H-pyrrole nitrogens is 1. The smallest absolute Gasteiger partial charge is 0.256 e. The van der Waals surface area contributed by atoms with Crippen LogP contribution in [0.15, 0.2) is 66.9 Å². The van der Waals surface area contributed by atoms with Crippen molar-refractivity contribution in [3.63, 3.8) is 0 Å². The zero-order valence-corrected chi connectivity index (χ0v) is 20.7. The minimum atomic E-state index is -0.573. The number of para-hydroxylation sites is 1. The Morgan fingerprint density at radius 3 is 2.61 bits per heavy atom. The molecule has 1 aliphatic heterocycles. The molecule has 2 aromatic heterocycles. The summed E-state index contributed by atoms with van der Waals surface area (Å²) in [7, 11) is 1.32. The third-order valence-electron chi connectivity index (χ3n) is 6.23. The monoisotopic (exact) mass is 513 g/mol. The molecule has 0 bridgehead atoms. The van der Waals surface area contributed by atoms with Crippen molar-refractivity contribution in [3.8, 4) is 17.0 Å². The van der Waals surface area contributed by atoms with E-state index in [1.807, 2.05) is 30.3 Å². The number of amides is 2. The van der Waals surface area contributed by atoms with E-state index in [1.54, 1.807) is 12.1 Å². The van der Waals surface area contributed by atoms with Gasteiger partial charge >= 0.3 is 0 Å². The number of carbonyl (C=O) groups is 3. The van der Waals surface area contributed by atoms with Crippen molar-refractivity contribution in [1.29, 1.82) is 0 Å². The van der Waals surface area contributed by atoms with Gasteiger partial charge in [0.15, 0.2) is 17.3 Å². The zero-order chi connectivity index (χ0) is 26.8. The van der Waals surface area contributed by atoms with Crippen molar-refractivity contribution in [2.75, 3.05) is 24.3 Å². The Kier molecular flexibility index (Phi) is 6.61. The number of nitrogens with one attached hydrogen (secondary N) is 3. The molecule has 2 amide bonds. The number of pyridine rings is 1. The summed E-state index contributed by atoms with van der Waals surface area (Å²) in [5.74, 6) is -1.23. The van der Waals surface area contributed by atoms with Crippen LogP contribution in [-0.4, -0.2) is 46.1 Å². The highest BCUT2D eigenvalue weighted by molar-refractivity contribution is 6.09. The second kappa shape index (κ2) is 10.2. The molecule has 0 fully saturated rings. The van der Waals surface area contributed by atoms with Crippen molar-refractivity contribution < 1.29 is 23.5 Å². The number of rotatable bonds is 6. The molecule has 3 heterocycles. The number of aromatic amines is 1. The number of hydrogen-bond donors (Lipinski definition) is 3. The van der Waals surface area contributed by atoms with E-state index in [9.17, 15) is 18.8 Å². The van der Waals surface area contributed by atoms with Crippen LogP contribution in [0.5, 0.6) is 5.75 Å². The number of hydrogen-bond acceptors (Lipinski definition) is 6. The van der Waals surface area contributed by atoms with Crippen LogP contribution < -0.4 is 15.4 Å². The molecule has 5 rings (SSSR count). The molecular formula is C28H24FN5O4. The number of halogens is 1. The maximum Gasteiger partial charge on any atom is 0.256 e. The molecule has 3 N–H and O–H groups in total. The number of benzene rings is 2. The Labute approximate surface area is 217 Å². The van der Waals surface area contributed by atoms with Crippen molar-refractivity contribution in [3.05, 3.63) is 89.5 Å². The van der Waals surface area contributed by atoms with Crippen LogP contribution >= 0.6 is 0 Å². The van der Waals surface area contributed by atoms with E-state index in [2.05, 4.69) is 20.6 Å². The molecule has 0 unspecified atom stereocenters. The van der Waals surface area contributed by atoms with Crippen LogP contribution in [0.4, 0.5) is 21.6 Å². The first-order valence-electron chi connectivity index (χ1n) is 11.8. The molecule has 0 aliphatic carbocycles. The Morgan fingerprint density at radius 2 is 1.87 bits per heavy atom. The van der Waals surface area contributed by atoms with Gasteiger partial charge in [-0.1, -0.05) is 18.2 Å². The van der Waals surface area contributed by atoms with Crippen molar-refractivity contribution in [2.45, 2.75) is 13.5 Å². The lowest BCUT2D eigenvalue weighted by Gasteiger charge is -2.25. The topological polar surface area (TPSA) is 116 Å². The van der Waals surface area contributed by atoms with Gasteiger partial charge in [0.25, 0.3) is 5.91 Å². The van der Waals surface area contributed by atoms with Crippen LogP contribution in [0.1, 0.15) is 33.3 Å². The largest absolute Gasteiger partial charge is 0.494 e. The van der Waals surface area contributed by atoms with E-state index in [4.69, 9.17) is 4.74 Å². The molecule has 1 aliphatic rings. The van der Waals surface area contributed by atoms with Crippen molar-refractivity contribution in [1.82, 2.24) is 14.9 Å². The van der Waals surface area contributed by atoms with Crippen molar-refractivity contribution in [2.24, 2.45) is 0 Å². The lowest BCUT2D eigenvalue weighted by Crippen LogP contribution is -2.38. The highest BCUT2D eigenvalue weighted by atomic mass is 19.1. The number of fused-ring (bicyclic) bond motifs is 1. The molecule has 38 heavy (non-hydrogen) atoms. The summed E-state index contributed by atoms with van der Waals surface area (Å²) in [5, 5.41) is 6.06. The summed E-state index contributed by atoms with van der Waals surface area (Å²) < 4.78 is 18.7. The molecule has 2 aromatic carbocycles. The molecule has 4 aromatic rings. The molecule has 0 atom stereocenters. The number of ether oxygens (including phenoxy) is 1. The predicted octanol–water partition coefficient (Wildman–Crippen LogP) is 4.77. The van der Waals surface area contributed by atoms with Crippen LogP contribution in [-0.2, 0) is 11.3 Å². The van der Waals surface area contributed by atoms with E-state index in [0.717, 1.165) is 11.8 Å². The summed E-state index contributed by atoms with van der Waals surface area (Å²) in [6.45, 7) is 1.68. The number of nitrogens with zero attached hydrogens (tertiary/aromatic N) is 2. The van der Waals surface area contributed by atoms with Gasteiger partial charge < -0.3 is 25.3 Å². The fraction of sp³-hybridized carbons (Fsp3) is 0.143. The van der Waals surface area contributed by atoms with Gasteiger partial charge in [0.2, 0.25) is 5.91 Å². The lowest BCUT2D eigenvalue weighted by molar-refractivity contribution is -0.129. The SMILES string of the molecule is COc1cc(C(=O)Nc2cc(-c3[nH]c4c(c3Nc3ccccc3)C(=O)CN(C(C)=O)C4)ccn2)ccc1F. The van der Waals surface area contributed by atoms with Crippen LogP contribution in [0.3, 0.4) is 0 Å². The first kappa shape index (κ1) is 24.7. The Balaban J connectivity index is 1.52. The average Bonchev–Trinajstić information content (AvgIpc) is 3.28. The summed E-state index contributed by atoms with van der Waals surface area (Å²) in [5.41, 5.74) is 3.93. The van der Waals surface area contributed by atoms with E-state index in [0.29, 0.717) is 28.2 Å². The highest BCUT2D eigenvalue weighted by Gasteiger charge is 2.31. The summed E-state index contributed by atoms with van der Waals surface area (Å²) in [6.07, 6.45) is 1.53. The number of methoxy groups -OCH3 is 1. The van der Waals surface area contributed by atoms with Gasteiger partial charge in [-0.05, 0) is 42.5 Å². The van der Waals surface area contributed by atoms with E-state index >= 15 is 0 Å². The van der Waals surface area contributed by atoms with E-state index in [-0.39, 0.29) is 41.9 Å². The van der Waals surface area contributed by atoms with Gasteiger partial charge in [-0.15, -0.1) is 0 Å². The number of aromatic nitrogens is 2. The second-order valence-electron chi connectivity index (χ2n) is 8.75. The van der Waals surface area contributed by atoms with Gasteiger partial charge in [-0.2, -0.15) is 0 Å². The van der Waals surface area contributed by atoms with Gasteiger partial charge in [-0.3, -0.25) is 14.4 Å². The third-order valence-corrected chi connectivity index (χ3v) is 6.23. The second-order valence-corrected chi connectivity index (χ2v) is 8.75. The van der Waals surface area contributed by atoms with Gasteiger partial charge in [0.05, 0.1) is 37.1 Å². The Morgan fingerprint density at radius 1 is 1.08 bits per heavy atom. The van der Waals surface area contributed by atoms with E-state index in [1.165, 1.54) is 37.3 Å². The van der Waals surface area contributed by atoms with Gasteiger partial charge in [0, 0.05) is 35.6 Å². The van der Waals surface area contributed by atoms with Crippen LogP contribution in [0, 0.1) is 5.82 Å². The standard InChI is InChI=1S/C28H24FN5O4/c1-16(35)34-14-21-25(22(36)15-34)27(31-19-6-4-3-5-7-19)26(32-21)17-10-11-30-24(13-17)33-28(37)18-8-9-20(29)23(12-18)38-2/h3-13,31-32H,14-15H2,1-2H3,(H,30,33,37). The number of anilines is 3. The lowest BCUT2D eigenvalue weighted by atomic mass is 10.0. The molecule has 0 spiro atoms. The van der Waals surface area contributed by atoms with Crippen LogP contribution in [0.2, 0.25) is 0 Å². The van der Waals surface area contributed by atoms with E-state index < -0.39 is 11.7 Å². The highest BCUT2D eigenvalue weighted by Crippen LogP contribution is 2.38. The predicted molar refractivity (Wildman–Crippen MR) is 140 cm³/mol. The molecular weight excluding hydrogens is 489 g/mol. The fourth-order valence-corrected chi connectivity index (χ4v) is 4.35. The Hall–Kier alpha value is -4.99. The minimum absolute atomic E-state index is 0.0120. The molecule has 0 radical (unpaired) electrons. The first-order valence-corrected chi connectivity index (χ1v) is 11.8. The minimum Gasteiger partial charge on any atom is -0.494 e. The van der Waals surface area contributed by atoms with Crippen molar-refractivity contribution >= 4 is 34.8 Å². The van der Waals surface area contributed by atoms with Gasteiger partial charge in [-0.25, -0.2) is 9.37 Å². The quantitative estimate of drug-likeness (QED) is 0.342. The molecule has 9 nitrogen and oxygen atoms in total. The summed E-state index contributed by atoms with van der Waals surface area (Å²) >= 11 is 0. The first-order chi connectivity index (χ1) is 18.3. The average molecular weight is 514 g/mol. The van der Waals surface area contributed by atoms with Gasteiger partial charge in [0.1, 0.15) is 5.82 Å². The number of carbonyl (C=O) groups excluding carboxylic acids is 3. The maximum absolute atomic E-state index is 13.8. The zero-order valence-electron chi connectivity index (χ0n) is 20.7. The number of Topliss-reactive ketones (excluding diaryl/α,β-unsaturated/α-hetero) is 1. The molecule has 0 saturated heterocycles. The maximum atomic E-state index is 13.8. The molecule has 0 saturated carbocycles.